The van der Waals surface area contributed by atoms with Gasteiger partial charge in [0.25, 0.3) is 5.56 Å². The third-order valence-electron chi connectivity index (χ3n) is 3.11. The van der Waals surface area contributed by atoms with Crippen LogP contribution in [0.4, 0.5) is 5.00 Å². The Labute approximate surface area is 143 Å². The number of thiophene rings is 1. The summed E-state index contributed by atoms with van der Waals surface area (Å²) in [5, 5.41) is 8.70. The largest absolute Gasteiger partial charge is 0.390 e. The number of hydrogen-bond donors (Lipinski definition) is 1. The second kappa shape index (κ2) is 7.44. The van der Waals surface area contributed by atoms with Crippen LogP contribution < -0.4 is 11.3 Å². The molecule has 0 amide bonds. The molecule has 1 aromatic carbocycles. The molecular formula is C17H18ClN3OS. The van der Waals surface area contributed by atoms with Gasteiger partial charge in [0.15, 0.2) is 0 Å². The van der Waals surface area contributed by atoms with Crippen molar-refractivity contribution in [2.75, 3.05) is 5.73 Å². The van der Waals surface area contributed by atoms with Crippen LogP contribution in [0.3, 0.4) is 0 Å². The second-order valence-corrected chi connectivity index (χ2v) is 5.81. The van der Waals surface area contributed by atoms with Gasteiger partial charge in [-0.25, -0.2) is 0 Å². The quantitative estimate of drug-likeness (QED) is 0.728. The molecule has 0 unspecified atom stereocenters. The summed E-state index contributed by atoms with van der Waals surface area (Å²) in [6, 6.07) is 6.96. The van der Waals surface area contributed by atoms with Crippen molar-refractivity contribution >= 4 is 44.8 Å². The average molecular weight is 348 g/mol. The second-order valence-electron chi connectivity index (χ2n) is 4.47. The monoisotopic (exact) mass is 347 g/mol. The van der Waals surface area contributed by atoms with Gasteiger partial charge < -0.3 is 5.73 Å². The van der Waals surface area contributed by atoms with Gasteiger partial charge in [0.1, 0.15) is 0 Å². The topological polar surface area (TPSA) is 60.9 Å². The number of benzene rings is 1. The smallest absolute Gasteiger partial charge is 0.282 e. The molecule has 4 nitrogen and oxygen atoms in total. The van der Waals surface area contributed by atoms with Crippen molar-refractivity contribution in [1.82, 2.24) is 9.78 Å². The first-order chi connectivity index (χ1) is 11.1. The fraction of sp³-hybridized carbons (Fsp3) is 0.176. The number of hydrogen-bond acceptors (Lipinski definition) is 4. The minimum atomic E-state index is -0.223. The fourth-order valence-corrected chi connectivity index (χ4v) is 3.06. The van der Waals surface area contributed by atoms with Crippen molar-refractivity contribution in [3.63, 3.8) is 0 Å². The van der Waals surface area contributed by atoms with Crippen LogP contribution in [0.5, 0.6) is 0 Å². The van der Waals surface area contributed by atoms with Crippen LogP contribution in [0.25, 0.3) is 22.5 Å². The molecule has 2 N–H and O–H groups in total. The fourth-order valence-electron chi connectivity index (χ4n) is 2.13. The molecule has 0 aliphatic heterocycles. The van der Waals surface area contributed by atoms with Crippen molar-refractivity contribution < 1.29 is 0 Å². The number of nitrogens with two attached hydrogens (primary N) is 1. The van der Waals surface area contributed by atoms with Crippen LogP contribution in [0, 0.1) is 0 Å². The maximum absolute atomic E-state index is 12.6. The number of fused-ring (bicyclic) bond motifs is 1. The number of nitrogen functional groups attached to an aromatic ring is 1. The first kappa shape index (κ1) is 17.2. The Balaban J connectivity index is 0.000000924. The van der Waals surface area contributed by atoms with E-state index in [0.29, 0.717) is 21.1 Å². The molecule has 23 heavy (non-hydrogen) atoms. The van der Waals surface area contributed by atoms with E-state index >= 15 is 0 Å². The van der Waals surface area contributed by atoms with Crippen LogP contribution in [0.2, 0.25) is 5.02 Å². The van der Waals surface area contributed by atoms with Crippen LogP contribution >= 0.6 is 22.9 Å². The molecule has 2 aromatic heterocycles. The lowest BCUT2D eigenvalue weighted by Crippen LogP contribution is -2.22. The molecule has 2 heterocycles. The van der Waals surface area contributed by atoms with Crippen LogP contribution in [0.1, 0.15) is 26.5 Å². The molecule has 0 saturated heterocycles. The van der Waals surface area contributed by atoms with Crippen LogP contribution in [0.15, 0.2) is 40.5 Å². The number of aromatic nitrogens is 2. The maximum atomic E-state index is 12.6. The molecule has 120 valence electrons. The summed E-state index contributed by atoms with van der Waals surface area (Å²) in [7, 11) is 0. The number of anilines is 1. The zero-order valence-electron chi connectivity index (χ0n) is 13.2. The van der Waals surface area contributed by atoms with E-state index < -0.39 is 0 Å². The van der Waals surface area contributed by atoms with Crippen LogP contribution in [-0.4, -0.2) is 9.78 Å². The molecule has 0 saturated carbocycles. The lowest BCUT2D eigenvalue weighted by molar-refractivity contribution is 0.816. The molecule has 0 spiro atoms. The van der Waals surface area contributed by atoms with E-state index in [1.165, 1.54) is 16.0 Å². The molecule has 0 atom stereocenters. The third-order valence-corrected chi connectivity index (χ3v) is 4.17. The lowest BCUT2D eigenvalue weighted by Gasteiger charge is -2.07. The first-order valence-corrected chi connectivity index (χ1v) is 8.56. The van der Waals surface area contributed by atoms with Crippen molar-refractivity contribution in [2.45, 2.75) is 20.8 Å². The molecule has 6 heteroatoms. The lowest BCUT2D eigenvalue weighted by atomic mass is 10.2. The van der Waals surface area contributed by atoms with Gasteiger partial charge >= 0.3 is 0 Å². The van der Waals surface area contributed by atoms with E-state index in [2.05, 4.69) is 5.10 Å². The van der Waals surface area contributed by atoms with Crippen LogP contribution in [-0.2, 0) is 0 Å². The highest BCUT2D eigenvalue weighted by Gasteiger charge is 2.14. The van der Waals surface area contributed by atoms with E-state index in [9.17, 15) is 4.79 Å². The van der Waals surface area contributed by atoms with Gasteiger partial charge in [-0.15, -0.1) is 11.3 Å². The Morgan fingerprint density at radius 3 is 2.52 bits per heavy atom. The van der Waals surface area contributed by atoms with Crippen molar-refractivity contribution in [3.8, 4) is 5.69 Å². The first-order valence-electron chi connectivity index (χ1n) is 7.30. The van der Waals surface area contributed by atoms with E-state index in [1.54, 1.807) is 24.3 Å². The minimum absolute atomic E-state index is 0.223. The summed E-state index contributed by atoms with van der Waals surface area (Å²) in [5.41, 5.74) is 7.10. The normalized spacial score (nSPS) is 10.8. The Bertz CT molecular complexity index is 895. The van der Waals surface area contributed by atoms with Gasteiger partial charge in [0.05, 0.1) is 21.8 Å². The van der Waals surface area contributed by atoms with Crippen molar-refractivity contribution in [3.05, 3.63) is 56.8 Å². The molecule has 0 aliphatic rings. The number of halogens is 1. The zero-order valence-corrected chi connectivity index (χ0v) is 14.8. The Morgan fingerprint density at radius 2 is 1.91 bits per heavy atom. The molecular weight excluding hydrogens is 330 g/mol. The third kappa shape index (κ3) is 3.30. The van der Waals surface area contributed by atoms with Gasteiger partial charge in [-0.1, -0.05) is 31.5 Å². The Kier molecular flexibility index (Phi) is 5.58. The molecule has 0 bridgehead atoms. The summed E-state index contributed by atoms with van der Waals surface area (Å²) in [6.45, 7) is 5.90. The summed E-state index contributed by atoms with van der Waals surface area (Å²) < 4.78 is 1.36. The highest BCUT2D eigenvalue weighted by molar-refractivity contribution is 7.15. The highest BCUT2D eigenvalue weighted by atomic mass is 35.5. The minimum Gasteiger partial charge on any atom is -0.390 e. The number of nitrogens with zero attached hydrogens (tertiary/aromatic N) is 2. The van der Waals surface area contributed by atoms with E-state index in [4.69, 9.17) is 17.3 Å². The summed E-state index contributed by atoms with van der Waals surface area (Å²) >= 11 is 7.23. The molecule has 0 radical (unpaired) electrons. The van der Waals surface area contributed by atoms with Crippen molar-refractivity contribution in [1.29, 1.82) is 0 Å². The summed E-state index contributed by atoms with van der Waals surface area (Å²) in [6.07, 6.45) is 3.74. The molecule has 3 aromatic rings. The zero-order chi connectivity index (χ0) is 17.0. The summed E-state index contributed by atoms with van der Waals surface area (Å²) in [5.74, 6) is 0. The SMILES string of the molecule is C/C=C/c1nn(-c2ccc(Cl)cc2)c(=O)c2c(N)scc12.CC. The predicted octanol–water partition coefficient (Wildman–Crippen LogP) is 4.74. The Hall–Kier alpha value is -2.11. The highest BCUT2D eigenvalue weighted by Crippen LogP contribution is 2.28. The van der Waals surface area contributed by atoms with E-state index in [-0.39, 0.29) is 5.56 Å². The Morgan fingerprint density at radius 1 is 1.26 bits per heavy atom. The molecule has 0 fully saturated rings. The van der Waals surface area contributed by atoms with Gasteiger partial charge in [0, 0.05) is 15.8 Å². The van der Waals surface area contributed by atoms with Gasteiger partial charge in [-0.3, -0.25) is 4.79 Å². The van der Waals surface area contributed by atoms with Gasteiger partial charge in [0.2, 0.25) is 0 Å². The standard InChI is InChI=1S/C15H12ClN3OS.C2H6/c1-2-3-12-11-8-21-14(17)13(11)15(20)19(18-12)10-6-4-9(16)5-7-10;1-2/h2-8H,17H2,1H3;1-2H3/b3-2+;. The van der Waals surface area contributed by atoms with Gasteiger partial charge in [-0.05, 0) is 37.3 Å². The molecule has 0 aliphatic carbocycles. The number of allylic oxidation sites excluding steroid dienone is 1. The predicted molar refractivity (Wildman–Crippen MR) is 101 cm³/mol. The number of rotatable bonds is 2. The van der Waals surface area contributed by atoms with Crippen molar-refractivity contribution in [2.24, 2.45) is 0 Å². The van der Waals surface area contributed by atoms with E-state index in [0.717, 1.165) is 11.1 Å². The summed E-state index contributed by atoms with van der Waals surface area (Å²) in [4.78, 5) is 12.6. The average Bonchev–Trinajstić information content (AvgIpc) is 2.96. The van der Waals surface area contributed by atoms with E-state index in [1.807, 2.05) is 38.3 Å². The molecule has 3 rings (SSSR count). The maximum Gasteiger partial charge on any atom is 0.282 e. The van der Waals surface area contributed by atoms with Gasteiger partial charge in [-0.2, -0.15) is 9.78 Å².